The van der Waals surface area contributed by atoms with E-state index in [1.807, 2.05) is 0 Å². The largest absolute Gasteiger partial charge is 0.399 e. The number of benzene rings is 2. The first kappa shape index (κ1) is 16.0. The molecule has 7 heteroatoms. The third-order valence-electron chi connectivity index (χ3n) is 1.89. The van der Waals surface area contributed by atoms with Crippen molar-refractivity contribution >= 4 is 50.5 Å². The van der Waals surface area contributed by atoms with Crippen molar-refractivity contribution in [1.82, 2.24) is 0 Å². The number of nitrogen functional groups attached to an aromatic ring is 2. The fourth-order valence-electron chi connectivity index (χ4n) is 1.15. The summed E-state index contributed by atoms with van der Waals surface area (Å²) in [5, 5.41) is 0.616. The molecule has 2 aromatic rings. The van der Waals surface area contributed by atoms with Crippen LogP contribution in [0.15, 0.2) is 34.8 Å². The zero-order valence-corrected chi connectivity index (χ0v) is 12.5. The smallest absolute Gasteiger partial charge is 0.140 e. The highest BCUT2D eigenvalue weighted by Gasteiger charge is 2.03. The van der Waals surface area contributed by atoms with Crippen molar-refractivity contribution in [2.75, 3.05) is 11.5 Å². The molecule has 19 heavy (non-hydrogen) atoms. The molecule has 0 amide bonds. The van der Waals surface area contributed by atoms with Gasteiger partial charge in [0.25, 0.3) is 0 Å². The molecule has 2 nitrogen and oxygen atoms in total. The Morgan fingerprint density at radius 3 is 1.95 bits per heavy atom. The van der Waals surface area contributed by atoms with Gasteiger partial charge in [0.2, 0.25) is 0 Å². The number of halogens is 5. The SMILES string of the molecule is Nc1cc(F)c(Br)c(Cl)c1.Nc1cc(F)cc(Cl)c1. The summed E-state index contributed by atoms with van der Waals surface area (Å²) in [5.74, 6) is -0.843. The lowest BCUT2D eigenvalue weighted by atomic mass is 10.3. The topological polar surface area (TPSA) is 52.0 Å². The van der Waals surface area contributed by atoms with Crippen LogP contribution >= 0.6 is 39.1 Å². The first-order chi connectivity index (χ1) is 8.79. The van der Waals surface area contributed by atoms with Crippen LogP contribution in [-0.2, 0) is 0 Å². The van der Waals surface area contributed by atoms with E-state index in [4.69, 9.17) is 34.7 Å². The standard InChI is InChI=1S/C6H4BrClFN.C6H5ClFN/c7-6-4(8)1-3(10)2-5(6)9;7-4-1-5(8)3-6(9)2-4/h1-2H,10H2;1-3H,9H2. The van der Waals surface area contributed by atoms with Crippen LogP contribution < -0.4 is 11.5 Å². The van der Waals surface area contributed by atoms with E-state index < -0.39 is 11.6 Å². The summed E-state index contributed by atoms with van der Waals surface area (Å²) in [6.07, 6.45) is 0. The molecule has 0 atom stereocenters. The highest BCUT2D eigenvalue weighted by atomic mass is 79.9. The van der Waals surface area contributed by atoms with E-state index in [1.165, 1.54) is 30.3 Å². The second-order valence-electron chi connectivity index (χ2n) is 3.50. The summed E-state index contributed by atoms with van der Waals surface area (Å²) >= 11 is 13.9. The van der Waals surface area contributed by atoms with Gasteiger partial charge >= 0.3 is 0 Å². The zero-order chi connectivity index (χ0) is 14.6. The number of hydrogen-bond donors (Lipinski definition) is 2. The van der Waals surface area contributed by atoms with Gasteiger partial charge in [0.05, 0.1) is 9.50 Å². The summed E-state index contributed by atoms with van der Waals surface area (Å²) in [7, 11) is 0. The molecule has 0 heterocycles. The summed E-state index contributed by atoms with van der Waals surface area (Å²) in [6, 6.07) is 6.60. The average Bonchev–Trinajstić information content (AvgIpc) is 2.24. The third-order valence-corrected chi connectivity index (χ3v) is 3.44. The maximum Gasteiger partial charge on any atom is 0.140 e. The minimum Gasteiger partial charge on any atom is -0.399 e. The molecule has 2 aromatic carbocycles. The van der Waals surface area contributed by atoms with Crippen molar-refractivity contribution in [2.24, 2.45) is 0 Å². The van der Waals surface area contributed by atoms with Crippen LogP contribution in [0.4, 0.5) is 20.2 Å². The van der Waals surface area contributed by atoms with Crippen LogP contribution in [0.2, 0.25) is 10.0 Å². The molecule has 0 radical (unpaired) electrons. The van der Waals surface area contributed by atoms with Gasteiger partial charge in [-0.1, -0.05) is 23.2 Å². The Bertz CT molecular complexity index is 520. The van der Waals surface area contributed by atoms with Gasteiger partial charge in [-0.05, 0) is 46.3 Å². The number of rotatable bonds is 0. The van der Waals surface area contributed by atoms with Crippen LogP contribution in [-0.4, -0.2) is 0 Å². The van der Waals surface area contributed by atoms with Crippen molar-refractivity contribution in [3.8, 4) is 0 Å². The van der Waals surface area contributed by atoms with E-state index in [1.54, 1.807) is 0 Å². The molecule has 4 N–H and O–H groups in total. The predicted molar refractivity (Wildman–Crippen MR) is 79.3 cm³/mol. The van der Waals surface area contributed by atoms with Gasteiger partial charge in [-0.15, -0.1) is 0 Å². The van der Waals surface area contributed by atoms with E-state index in [9.17, 15) is 8.78 Å². The number of nitrogens with two attached hydrogens (primary N) is 2. The lowest BCUT2D eigenvalue weighted by Gasteiger charge is -1.98. The molecule has 0 unspecified atom stereocenters. The zero-order valence-electron chi connectivity index (χ0n) is 9.43. The highest BCUT2D eigenvalue weighted by Crippen LogP contribution is 2.27. The Hall–Kier alpha value is -1.04. The van der Waals surface area contributed by atoms with Crippen LogP contribution in [0.5, 0.6) is 0 Å². The fraction of sp³-hybridized carbons (Fsp3) is 0. The van der Waals surface area contributed by atoms with Crippen LogP contribution in [0.25, 0.3) is 0 Å². The Kier molecular flexibility index (Phi) is 5.85. The summed E-state index contributed by atoms with van der Waals surface area (Å²) in [4.78, 5) is 0. The van der Waals surface area contributed by atoms with Crippen LogP contribution in [0, 0.1) is 11.6 Å². The fourth-order valence-corrected chi connectivity index (χ4v) is 1.83. The molecule has 0 aliphatic carbocycles. The summed E-state index contributed by atoms with van der Waals surface area (Å²) in [5.41, 5.74) is 11.2. The molecule has 0 aromatic heterocycles. The number of anilines is 2. The molecule has 0 saturated carbocycles. The van der Waals surface area contributed by atoms with Gasteiger partial charge in [0, 0.05) is 16.4 Å². The molecule has 0 aliphatic rings. The van der Waals surface area contributed by atoms with Crippen LogP contribution in [0.3, 0.4) is 0 Å². The summed E-state index contributed by atoms with van der Waals surface area (Å²) < 4.78 is 25.1. The van der Waals surface area contributed by atoms with Gasteiger partial charge < -0.3 is 11.5 Å². The highest BCUT2D eigenvalue weighted by molar-refractivity contribution is 9.10. The van der Waals surface area contributed by atoms with Crippen molar-refractivity contribution in [2.45, 2.75) is 0 Å². The quantitative estimate of drug-likeness (QED) is 0.513. The Balaban J connectivity index is 0.000000191. The monoisotopic (exact) mass is 368 g/mol. The minimum atomic E-state index is -0.440. The molecule has 0 bridgehead atoms. The third kappa shape index (κ3) is 5.22. The second-order valence-corrected chi connectivity index (χ2v) is 5.14. The first-order valence-electron chi connectivity index (χ1n) is 4.91. The molecular weight excluding hydrogens is 361 g/mol. The molecule has 0 fully saturated rings. The lowest BCUT2D eigenvalue weighted by Crippen LogP contribution is -1.87. The molecule has 0 aliphatic heterocycles. The van der Waals surface area contributed by atoms with Gasteiger partial charge in [-0.25, -0.2) is 8.78 Å². The Labute approximate surface area is 127 Å². The van der Waals surface area contributed by atoms with Crippen LogP contribution in [0.1, 0.15) is 0 Å². The molecule has 0 saturated heterocycles. The second kappa shape index (κ2) is 6.93. The maximum atomic E-state index is 12.6. The number of hydrogen-bond acceptors (Lipinski definition) is 2. The van der Waals surface area contributed by atoms with E-state index >= 15 is 0 Å². The maximum absolute atomic E-state index is 12.6. The van der Waals surface area contributed by atoms with E-state index in [-0.39, 0.29) is 9.50 Å². The first-order valence-corrected chi connectivity index (χ1v) is 6.46. The molecule has 102 valence electrons. The Morgan fingerprint density at radius 2 is 1.47 bits per heavy atom. The molecule has 0 spiro atoms. The van der Waals surface area contributed by atoms with Crippen molar-refractivity contribution in [3.05, 3.63) is 56.5 Å². The lowest BCUT2D eigenvalue weighted by molar-refractivity contribution is 0.622. The predicted octanol–water partition coefficient (Wildman–Crippen LogP) is 4.89. The van der Waals surface area contributed by atoms with Gasteiger partial charge in [-0.3, -0.25) is 0 Å². The van der Waals surface area contributed by atoms with E-state index in [0.29, 0.717) is 16.4 Å². The van der Waals surface area contributed by atoms with E-state index in [0.717, 1.165) is 0 Å². The van der Waals surface area contributed by atoms with Gasteiger partial charge in [0.1, 0.15) is 11.6 Å². The molecule has 2 rings (SSSR count). The van der Waals surface area contributed by atoms with Crippen molar-refractivity contribution in [1.29, 1.82) is 0 Å². The molecular formula is C12H9BrCl2F2N2. The summed E-state index contributed by atoms with van der Waals surface area (Å²) in [6.45, 7) is 0. The van der Waals surface area contributed by atoms with Crippen molar-refractivity contribution < 1.29 is 8.78 Å². The van der Waals surface area contributed by atoms with Gasteiger partial charge in [0.15, 0.2) is 0 Å². The minimum absolute atomic E-state index is 0.253. The van der Waals surface area contributed by atoms with Gasteiger partial charge in [-0.2, -0.15) is 0 Å². The van der Waals surface area contributed by atoms with E-state index in [2.05, 4.69) is 15.9 Å². The average molecular weight is 370 g/mol. The Morgan fingerprint density at radius 1 is 0.895 bits per heavy atom. The van der Waals surface area contributed by atoms with Crippen molar-refractivity contribution in [3.63, 3.8) is 0 Å². The normalized spacial score (nSPS) is 9.74.